The van der Waals surface area contributed by atoms with Gasteiger partial charge in [0.1, 0.15) is 23.9 Å². The number of hydrogen-bond donors (Lipinski definition) is 1. The predicted molar refractivity (Wildman–Crippen MR) is 97.0 cm³/mol. The molecule has 6 heteroatoms. The Hall–Kier alpha value is -2.21. The number of benzene rings is 2. The second-order valence-corrected chi connectivity index (χ2v) is 5.78. The van der Waals surface area contributed by atoms with Crippen LogP contribution in [-0.4, -0.2) is 13.3 Å². The minimum absolute atomic E-state index is 0.124. The lowest BCUT2D eigenvalue weighted by molar-refractivity contribution is 0.120. The third-order valence-electron chi connectivity index (χ3n) is 3.86. The Morgan fingerprint density at radius 1 is 1.20 bits per heavy atom. The summed E-state index contributed by atoms with van der Waals surface area (Å²) >= 11 is 4.30. The summed E-state index contributed by atoms with van der Waals surface area (Å²) in [6, 6.07) is 8.45. The van der Waals surface area contributed by atoms with E-state index in [9.17, 15) is 9.18 Å². The monoisotopic (exact) mass is 364 g/mol. The third-order valence-corrected chi connectivity index (χ3v) is 4.20. The zero-order valence-electron chi connectivity index (χ0n) is 14.5. The van der Waals surface area contributed by atoms with E-state index in [1.54, 1.807) is 25.1 Å². The van der Waals surface area contributed by atoms with Crippen molar-refractivity contribution in [1.29, 1.82) is 0 Å². The summed E-state index contributed by atoms with van der Waals surface area (Å²) < 4.78 is 29.4. The fourth-order valence-electron chi connectivity index (χ4n) is 2.43. The molecule has 134 valence electrons. The molecule has 0 aromatic heterocycles. The molecule has 0 aliphatic rings. The Labute approximate surface area is 152 Å². The molecule has 0 aliphatic heterocycles. The average molecular weight is 364 g/mol. The Morgan fingerprint density at radius 3 is 2.60 bits per heavy atom. The second-order valence-electron chi connectivity index (χ2n) is 5.46. The first-order chi connectivity index (χ1) is 12.0. The van der Waals surface area contributed by atoms with Crippen LogP contribution in [0.25, 0.3) is 0 Å². The maximum Gasteiger partial charge on any atom is 0.513 e. The molecule has 0 amide bonds. The molecule has 2 aromatic rings. The summed E-state index contributed by atoms with van der Waals surface area (Å²) in [6.07, 6.45) is -0.0934. The van der Waals surface area contributed by atoms with Gasteiger partial charge in [0.2, 0.25) is 0 Å². The van der Waals surface area contributed by atoms with Crippen LogP contribution < -0.4 is 9.47 Å². The first-order valence-electron chi connectivity index (χ1n) is 7.89. The van der Waals surface area contributed by atoms with E-state index in [1.807, 2.05) is 13.0 Å². The van der Waals surface area contributed by atoms with Gasteiger partial charge in [0, 0.05) is 17.4 Å². The summed E-state index contributed by atoms with van der Waals surface area (Å²) in [7, 11) is 1.24. The fraction of sp³-hybridized carbons (Fsp3) is 0.316. The molecule has 0 atom stereocenters. The van der Waals surface area contributed by atoms with Crippen LogP contribution in [-0.2, 0) is 23.5 Å². The number of aryl methyl sites for hydroxylation is 2. The number of ether oxygens (including phenoxy) is 3. The SMILES string of the molecule is CCc1cc(C)c(F)cc1OCc1c(CS)cccc1OC(=O)OC. The fourth-order valence-corrected chi connectivity index (χ4v) is 2.73. The molecule has 0 N–H and O–H groups in total. The van der Waals surface area contributed by atoms with Crippen molar-refractivity contribution < 1.29 is 23.4 Å². The van der Waals surface area contributed by atoms with Crippen molar-refractivity contribution >= 4 is 18.8 Å². The minimum Gasteiger partial charge on any atom is -0.488 e. The highest BCUT2D eigenvalue weighted by atomic mass is 32.1. The van der Waals surface area contributed by atoms with Gasteiger partial charge in [0.15, 0.2) is 0 Å². The zero-order valence-corrected chi connectivity index (χ0v) is 15.4. The smallest absolute Gasteiger partial charge is 0.488 e. The molecule has 0 saturated heterocycles. The second kappa shape index (κ2) is 8.76. The highest BCUT2D eigenvalue weighted by Crippen LogP contribution is 2.29. The first-order valence-corrected chi connectivity index (χ1v) is 8.52. The van der Waals surface area contributed by atoms with E-state index in [-0.39, 0.29) is 12.4 Å². The highest BCUT2D eigenvalue weighted by molar-refractivity contribution is 7.79. The van der Waals surface area contributed by atoms with Crippen LogP contribution in [0.2, 0.25) is 0 Å². The number of thiol groups is 1. The average Bonchev–Trinajstić information content (AvgIpc) is 2.62. The van der Waals surface area contributed by atoms with Gasteiger partial charge in [-0.25, -0.2) is 9.18 Å². The molecular formula is C19H21FO4S. The first kappa shape index (κ1) is 19.1. The maximum absolute atomic E-state index is 13.9. The van der Waals surface area contributed by atoms with E-state index in [0.717, 1.165) is 17.5 Å². The Kier molecular flexibility index (Phi) is 6.70. The molecule has 0 spiro atoms. The standard InChI is InChI=1S/C19H21FO4S/c1-4-13-8-12(2)16(20)9-18(13)23-10-15-14(11-25)6-5-7-17(15)24-19(21)22-3/h5-9,25H,4,10-11H2,1-3H3. The summed E-state index contributed by atoms with van der Waals surface area (Å²) in [4.78, 5) is 11.4. The van der Waals surface area contributed by atoms with Crippen molar-refractivity contribution in [2.75, 3.05) is 7.11 Å². The van der Waals surface area contributed by atoms with Crippen LogP contribution in [0.4, 0.5) is 9.18 Å². The normalized spacial score (nSPS) is 10.4. The number of rotatable bonds is 6. The topological polar surface area (TPSA) is 44.8 Å². The zero-order chi connectivity index (χ0) is 18.4. The van der Waals surface area contributed by atoms with Gasteiger partial charge in [-0.2, -0.15) is 12.6 Å². The van der Waals surface area contributed by atoms with Gasteiger partial charge in [-0.1, -0.05) is 19.1 Å². The van der Waals surface area contributed by atoms with Crippen molar-refractivity contribution in [3.05, 3.63) is 58.4 Å². The van der Waals surface area contributed by atoms with Crippen molar-refractivity contribution in [3.63, 3.8) is 0 Å². The van der Waals surface area contributed by atoms with Crippen LogP contribution in [0, 0.1) is 12.7 Å². The van der Waals surface area contributed by atoms with E-state index in [4.69, 9.17) is 9.47 Å². The molecule has 2 aromatic carbocycles. The van der Waals surface area contributed by atoms with Gasteiger partial charge >= 0.3 is 6.16 Å². The molecule has 25 heavy (non-hydrogen) atoms. The minimum atomic E-state index is -0.812. The van der Waals surface area contributed by atoms with Gasteiger partial charge in [0.05, 0.1) is 7.11 Å². The number of carbonyl (C=O) groups is 1. The summed E-state index contributed by atoms with van der Waals surface area (Å²) in [5.41, 5.74) is 3.02. The van der Waals surface area contributed by atoms with E-state index < -0.39 is 6.16 Å². The van der Waals surface area contributed by atoms with Gasteiger partial charge in [-0.05, 0) is 42.2 Å². The third kappa shape index (κ3) is 4.66. The van der Waals surface area contributed by atoms with Gasteiger partial charge < -0.3 is 14.2 Å². The number of methoxy groups -OCH3 is 1. The quantitative estimate of drug-likeness (QED) is 0.452. The van der Waals surface area contributed by atoms with E-state index in [1.165, 1.54) is 13.2 Å². The molecule has 2 rings (SSSR count). The Bertz CT molecular complexity index is 761. The number of carbonyl (C=O) groups excluding carboxylic acids is 1. The van der Waals surface area contributed by atoms with Crippen molar-refractivity contribution in [2.45, 2.75) is 32.6 Å². The Morgan fingerprint density at radius 2 is 1.96 bits per heavy atom. The van der Waals surface area contributed by atoms with Crippen LogP contribution in [0.3, 0.4) is 0 Å². The number of halogens is 1. The van der Waals surface area contributed by atoms with Crippen molar-refractivity contribution in [3.8, 4) is 11.5 Å². The Balaban J connectivity index is 2.31. The number of hydrogen-bond acceptors (Lipinski definition) is 5. The largest absolute Gasteiger partial charge is 0.513 e. The van der Waals surface area contributed by atoms with E-state index in [2.05, 4.69) is 17.4 Å². The molecule has 0 heterocycles. The van der Waals surface area contributed by atoms with Crippen LogP contribution >= 0.6 is 12.6 Å². The van der Waals surface area contributed by atoms with Gasteiger partial charge in [-0.3, -0.25) is 0 Å². The predicted octanol–water partition coefficient (Wildman–Crippen LogP) is 4.85. The molecule has 0 unspecified atom stereocenters. The van der Waals surface area contributed by atoms with Crippen LogP contribution in [0.1, 0.15) is 29.2 Å². The molecule has 4 nitrogen and oxygen atoms in total. The molecule has 0 radical (unpaired) electrons. The van der Waals surface area contributed by atoms with Crippen LogP contribution in [0.5, 0.6) is 11.5 Å². The summed E-state index contributed by atoms with van der Waals surface area (Å²) in [5.74, 6) is 0.938. The van der Waals surface area contributed by atoms with E-state index in [0.29, 0.717) is 28.4 Å². The lowest BCUT2D eigenvalue weighted by Gasteiger charge is -2.16. The van der Waals surface area contributed by atoms with Crippen LogP contribution in [0.15, 0.2) is 30.3 Å². The lowest BCUT2D eigenvalue weighted by atomic mass is 10.1. The molecular weight excluding hydrogens is 343 g/mol. The molecule has 0 bridgehead atoms. The van der Waals surface area contributed by atoms with Gasteiger partial charge in [-0.15, -0.1) is 0 Å². The van der Waals surface area contributed by atoms with Crippen molar-refractivity contribution in [2.24, 2.45) is 0 Å². The molecule has 0 aliphatic carbocycles. The summed E-state index contributed by atoms with van der Waals surface area (Å²) in [5, 5.41) is 0. The molecule has 0 saturated carbocycles. The van der Waals surface area contributed by atoms with E-state index >= 15 is 0 Å². The summed E-state index contributed by atoms with van der Waals surface area (Å²) in [6.45, 7) is 3.82. The van der Waals surface area contributed by atoms with Gasteiger partial charge in [0.25, 0.3) is 0 Å². The van der Waals surface area contributed by atoms with Crippen molar-refractivity contribution in [1.82, 2.24) is 0 Å². The molecule has 0 fully saturated rings. The highest BCUT2D eigenvalue weighted by Gasteiger charge is 2.15. The maximum atomic E-state index is 13.9. The lowest BCUT2D eigenvalue weighted by Crippen LogP contribution is -2.11.